The zero-order valence-corrected chi connectivity index (χ0v) is 14.6. The van der Waals surface area contributed by atoms with Crippen molar-refractivity contribution in [2.24, 2.45) is 5.92 Å². The molecule has 2 heterocycles. The average molecular weight is 339 g/mol. The molecule has 1 aliphatic heterocycles. The summed E-state index contributed by atoms with van der Waals surface area (Å²) in [5.74, 6) is 1.48. The lowest BCUT2D eigenvalue weighted by Crippen LogP contribution is -2.41. The van der Waals surface area contributed by atoms with Crippen LogP contribution in [0, 0.1) is 12.8 Å². The summed E-state index contributed by atoms with van der Waals surface area (Å²) in [5, 5.41) is 3.02. The molecule has 1 fully saturated rings. The van der Waals surface area contributed by atoms with Crippen LogP contribution in [0.15, 0.2) is 48.8 Å². The number of benzene rings is 1. The maximum atomic E-state index is 12.4. The van der Waals surface area contributed by atoms with Gasteiger partial charge in [0.15, 0.2) is 0 Å². The van der Waals surface area contributed by atoms with Gasteiger partial charge in [0, 0.05) is 31.2 Å². The molecule has 25 heavy (non-hydrogen) atoms. The molecule has 0 saturated carbocycles. The first-order valence-corrected chi connectivity index (χ1v) is 8.87. The molecule has 2 amide bonds. The van der Waals surface area contributed by atoms with Crippen LogP contribution >= 0.6 is 0 Å². The number of urea groups is 1. The number of hydrogen-bond donors (Lipinski definition) is 1. The van der Waals surface area contributed by atoms with Crippen LogP contribution in [0.25, 0.3) is 0 Å². The predicted octanol–water partition coefficient (Wildman–Crippen LogP) is 4.10. The molecule has 3 rings (SSSR count). The summed E-state index contributed by atoms with van der Waals surface area (Å²) in [7, 11) is 0. The number of piperidine rings is 1. The van der Waals surface area contributed by atoms with E-state index in [0.717, 1.165) is 49.4 Å². The number of ether oxygens (including phenoxy) is 1. The molecule has 0 unspecified atom stereocenters. The van der Waals surface area contributed by atoms with Crippen LogP contribution in [-0.2, 0) is 0 Å². The molecule has 0 atom stereocenters. The highest BCUT2D eigenvalue weighted by molar-refractivity contribution is 5.90. The van der Waals surface area contributed by atoms with E-state index in [9.17, 15) is 4.79 Å². The molecule has 0 bridgehead atoms. The molecule has 5 nitrogen and oxygen atoms in total. The monoisotopic (exact) mass is 339 g/mol. The highest BCUT2D eigenvalue weighted by Crippen LogP contribution is 2.22. The van der Waals surface area contributed by atoms with Crippen LogP contribution in [0.5, 0.6) is 5.75 Å². The van der Waals surface area contributed by atoms with E-state index < -0.39 is 0 Å². The number of hydrogen-bond acceptors (Lipinski definition) is 3. The fraction of sp³-hybridized carbons (Fsp3) is 0.400. The molecule has 2 aromatic rings. The highest BCUT2D eigenvalue weighted by atomic mass is 16.5. The second kappa shape index (κ2) is 8.51. The molecule has 0 spiro atoms. The summed E-state index contributed by atoms with van der Waals surface area (Å²) < 4.78 is 5.74. The quantitative estimate of drug-likeness (QED) is 0.892. The summed E-state index contributed by atoms with van der Waals surface area (Å²) in [4.78, 5) is 18.3. The first-order chi connectivity index (χ1) is 12.2. The van der Waals surface area contributed by atoms with Gasteiger partial charge in [-0.3, -0.25) is 4.98 Å². The minimum absolute atomic E-state index is 0.000727. The van der Waals surface area contributed by atoms with E-state index in [0.29, 0.717) is 12.5 Å². The first-order valence-electron chi connectivity index (χ1n) is 8.87. The number of rotatable bonds is 5. The third kappa shape index (κ3) is 4.95. The van der Waals surface area contributed by atoms with Crippen molar-refractivity contribution in [1.29, 1.82) is 0 Å². The number of likely N-dealkylation sites (tertiary alicyclic amines) is 1. The van der Waals surface area contributed by atoms with Gasteiger partial charge < -0.3 is 15.0 Å². The number of pyridine rings is 1. The molecule has 0 aliphatic carbocycles. The topological polar surface area (TPSA) is 54.5 Å². The second-order valence-corrected chi connectivity index (χ2v) is 6.50. The van der Waals surface area contributed by atoms with Gasteiger partial charge in [-0.05, 0) is 55.9 Å². The van der Waals surface area contributed by atoms with Crippen molar-refractivity contribution in [2.45, 2.75) is 26.2 Å². The van der Waals surface area contributed by atoms with Crippen LogP contribution in [-0.4, -0.2) is 35.6 Å². The Labute approximate surface area is 149 Å². The van der Waals surface area contributed by atoms with Crippen molar-refractivity contribution in [3.8, 4) is 5.75 Å². The number of aryl methyl sites for hydroxylation is 1. The van der Waals surface area contributed by atoms with Crippen molar-refractivity contribution < 1.29 is 9.53 Å². The van der Waals surface area contributed by atoms with Gasteiger partial charge in [-0.15, -0.1) is 0 Å². The Morgan fingerprint density at radius 2 is 1.92 bits per heavy atom. The Kier molecular flexibility index (Phi) is 5.88. The maximum absolute atomic E-state index is 12.4. The molecule has 132 valence electrons. The lowest BCUT2D eigenvalue weighted by molar-refractivity contribution is 0.170. The van der Waals surface area contributed by atoms with Crippen molar-refractivity contribution in [2.75, 3.05) is 25.0 Å². The standard InChI is InChI=1S/C20H25N3O2/c1-16-4-2-3-5-19(16)22-20(24)23-13-8-17(9-14-23)10-15-25-18-6-11-21-12-7-18/h2-7,11-12,17H,8-10,13-15H2,1H3,(H,22,24). The second-order valence-electron chi connectivity index (χ2n) is 6.50. The summed E-state index contributed by atoms with van der Waals surface area (Å²) in [6, 6.07) is 11.6. The number of aromatic nitrogens is 1. The first kappa shape index (κ1) is 17.3. The number of nitrogens with one attached hydrogen (secondary N) is 1. The van der Waals surface area contributed by atoms with E-state index >= 15 is 0 Å². The van der Waals surface area contributed by atoms with E-state index in [2.05, 4.69) is 10.3 Å². The fourth-order valence-corrected chi connectivity index (χ4v) is 3.11. The van der Waals surface area contributed by atoms with Gasteiger partial charge in [0.05, 0.1) is 6.61 Å². The smallest absolute Gasteiger partial charge is 0.321 e. The Morgan fingerprint density at radius 3 is 2.64 bits per heavy atom. The Balaban J connectivity index is 1.39. The Hall–Kier alpha value is -2.56. The van der Waals surface area contributed by atoms with Crippen molar-refractivity contribution in [1.82, 2.24) is 9.88 Å². The van der Waals surface area contributed by atoms with Gasteiger partial charge in [0.25, 0.3) is 0 Å². The molecular weight excluding hydrogens is 314 g/mol. The van der Waals surface area contributed by atoms with Gasteiger partial charge >= 0.3 is 6.03 Å². The molecule has 5 heteroatoms. The SMILES string of the molecule is Cc1ccccc1NC(=O)N1CCC(CCOc2ccncc2)CC1. The summed E-state index contributed by atoms with van der Waals surface area (Å²) in [6.45, 7) is 4.32. The zero-order chi connectivity index (χ0) is 17.5. The number of amides is 2. The van der Waals surface area contributed by atoms with Crippen molar-refractivity contribution in [3.05, 3.63) is 54.4 Å². The number of carbonyl (C=O) groups excluding carboxylic acids is 1. The predicted molar refractivity (Wildman–Crippen MR) is 98.8 cm³/mol. The lowest BCUT2D eigenvalue weighted by Gasteiger charge is -2.32. The van der Waals surface area contributed by atoms with Crippen LogP contribution in [0.1, 0.15) is 24.8 Å². The third-order valence-corrected chi connectivity index (χ3v) is 4.73. The fourth-order valence-electron chi connectivity index (χ4n) is 3.11. The number of anilines is 1. The van der Waals surface area contributed by atoms with Crippen molar-refractivity contribution in [3.63, 3.8) is 0 Å². The normalized spacial score (nSPS) is 15.0. The third-order valence-electron chi connectivity index (χ3n) is 4.73. The highest BCUT2D eigenvalue weighted by Gasteiger charge is 2.23. The van der Waals surface area contributed by atoms with Gasteiger partial charge in [0.2, 0.25) is 0 Å². The van der Waals surface area contributed by atoms with Gasteiger partial charge in [-0.25, -0.2) is 4.79 Å². The van der Waals surface area contributed by atoms with E-state index in [4.69, 9.17) is 4.74 Å². The minimum atomic E-state index is 0.000727. The number of para-hydroxylation sites is 1. The molecule has 1 saturated heterocycles. The maximum Gasteiger partial charge on any atom is 0.321 e. The molecule has 1 aromatic carbocycles. The molecule has 1 N–H and O–H groups in total. The molecule has 1 aliphatic rings. The summed E-state index contributed by atoms with van der Waals surface area (Å²) >= 11 is 0. The van der Waals surface area contributed by atoms with Gasteiger partial charge in [-0.1, -0.05) is 18.2 Å². The van der Waals surface area contributed by atoms with Gasteiger partial charge in [0.1, 0.15) is 5.75 Å². The zero-order valence-electron chi connectivity index (χ0n) is 14.6. The minimum Gasteiger partial charge on any atom is -0.493 e. The van der Waals surface area contributed by atoms with E-state index in [1.54, 1.807) is 12.4 Å². The largest absolute Gasteiger partial charge is 0.493 e. The molecule has 0 radical (unpaired) electrons. The van der Waals surface area contributed by atoms with Crippen LogP contribution in [0.4, 0.5) is 10.5 Å². The Bertz CT molecular complexity index is 682. The molecular formula is C20H25N3O2. The molecule has 1 aromatic heterocycles. The van der Waals surface area contributed by atoms with Gasteiger partial charge in [-0.2, -0.15) is 0 Å². The summed E-state index contributed by atoms with van der Waals surface area (Å²) in [6.07, 6.45) is 6.55. The lowest BCUT2D eigenvalue weighted by atomic mass is 9.94. The number of nitrogens with zero attached hydrogens (tertiary/aromatic N) is 2. The van der Waals surface area contributed by atoms with Crippen molar-refractivity contribution >= 4 is 11.7 Å². The van der Waals surface area contributed by atoms with E-state index in [1.807, 2.05) is 48.2 Å². The van der Waals surface area contributed by atoms with Crippen LogP contribution < -0.4 is 10.1 Å². The van der Waals surface area contributed by atoms with Crippen LogP contribution in [0.3, 0.4) is 0 Å². The summed E-state index contributed by atoms with van der Waals surface area (Å²) in [5.41, 5.74) is 1.97. The Morgan fingerprint density at radius 1 is 1.20 bits per heavy atom. The number of carbonyl (C=O) groups is 1. The van der Waals surface area contributed by atoms with E-state index in [1.165, 1.54) is 0 Å². The van der Waals surface area contributed by atoms with E-state index in [-0.39, 0.29) is 6.03 Å². The average Bonchev–Trinajstić information content (AvgIpc) is 2.65. The van der Waals surface area contributed by atoms with Crippen LogP contribution in [0.2, 0.25) is 0 Å².